The van der Waals surface area contributed by atoms with E-state index in [1.807, 2.05) is 54.6 Å². The number of hydrogen-bond acceptors (Lipinski definition) is 4. The molecule has 0 unspecified atom stereocenters. The van der Waals surface area contributed by atoms with Gasteiger partial charge in [0.1, 0.15) is 0 Å². The highest BCUT2D eigenvalue weighted by Crippen LogP contribution is 2.29. The summed E-state index contributed by atoms with van der Waals surface area (Å²) in [6, 6.07) is 24.4. The number of aromatic nitrogens is 1. The number of nitrogens with one attached hydrogen (secondary N) is 1. The maximum Gasteiger partial charge on any atom is 0.303 e. The zero-order valence-electron chi connectivity index (χ0n) is 20.5. The first-order valence-electron chi connectivity index (χ1n) is 12.1. The van der Waals surface area contributed by atoms with Crippen molar-refractivity contribution in [3.63, 3.8) is 0 Å². The number of nitrogens with zero attached hydrogens (tertiary/aromatic N) is 1. The van der Waals surface area contributed by atoms with Crippen LogP contribution in [0.1, 0.15) is 46.0 Å². The number of pyridine rings is 1. The van der Waals surface area contributed by atoms with E-state index in [4.69, 9.17) is 14.8 Å². The molecule has 0 saturated carbocycles. The number of carbonyl (C=O) groups is 2. The summed E-state index contributed by atoms with van der Waals surface area (Å²) in [4.78, 5) is 27.1. The van der Waals surface area contributed by atoms with Crippen LogP contribution in [0.15, 0.2) is 72.8 Å². The van der Waals surface area contributed by atoms with Gasteiger partial charge in [0, 0.05) is 24.6 Å². The minimum atomic E-state index is -0.959. The van der Waals surface area contributed by atoms with E-state index in [1.165, 1.54) is 0 Å². The second-order valence-corrected chi connectivity index (χ2v) is 9.45. The SMILES string of the molecule is CC(C)(CCCCOc1cc(-c2ccccc2)cc(-c2ccccc2)n1)CNC(=O)CCC(=O)O. The van der Waals surface area contributed by atoms with E-state index in [0.29, 0.717) is 19.0 Å². The molecule has 2 aromatic carbocycles. The molecule has 1 aromatic heterocycles. The van der Waals surface area contributed by atoms with Crippen LogP contribution in [0.2, 0.25) is 0 Å². The largest absolute Gasteiger partial charge is 0.481 e. The van der Waals surface area contributed by atoms with Gasteiger partial charge in [0.05, 0.1) is 18.7 Å². The number of amides is 1. The fourth-order valence-corrected chi connectivity index (χ4v) is 3.75. The summed E-state index contributed by atoms with van der Waals surface area (Å²) in [7, 11) is 0. The van der Waals surface area contributed by atoms with Crippen molar-refractivity contribution in [1.29, 1.82) is 0 Å². The highest BCUT2D eigenvalue weighted by atomic mass is 16.5. The summed E-state index contributed by atoms with van der Waals surface area (Å²) < 4.78 is 6.06. The first kappa shape index (κ1) is 25.9. The van der Waals surface area contributed by atoms with Gasteiger partial charge in [-0.05, 0) is 41.9 Å². The number of ether oxygens (including phenoxy) is 1. The summed E-state index contributed by atoms with van der Waals surface area (Å²) in [6.07, 6.45) is 2.60. The number of aliphatic carboxylic acids is 1. The van der Waals surface area contributed by atoms with E-state index >= 15 is 0 Å². The maximum atomic E-state index is 11.8. The van der Waals surface area contributed by atoms with Gasteiger partial charge < -0.3 is 15.2 Å². The second-order valence-electron chi connectivity index (χ2n) is 9.45. The Labute approximate surface area is 207 Å². The maximum absolute atomic E-state index is 11.8. The molecule has 35 heavy (non-hydrogen) atoms. The number of unbranched alkanes of at least 4 members (excludes halogenated alkanes) is 1. The molecule has 1 amide bonds. The van der Waals surface area contributed by atoms with Gasteiger partial charge in [-0.3, -0.25) is 9.59 Å². The molecule has 0 spiro atoms. The standard InChI is InChI=1S/C29H34N2O4/c1-29(2,21-30-26(32)15-16-28(33)34)17-9-10-18-35-27-20-24(22-11-5-3-6-12-22)19-25(31-27)23-13-7-4-8-14-23/h3-8,11-14,19-20H,9-10,15-18,21H2,1-2H3,(H,30,32)(H,33,34). The molecular weight excluding hydrogens is 440 g/mol. The lowest BCUT2D eigenvalue weighted by Gasteiger charge is -2.25. The minimum Gasteiger partial charge on any atom is -0.481 e. The lowest BCUT2D eigenvalue weighted by atomic mass is 9.87. The molecule has 0 bridgehead atoms. The van der Waals surface area contributed by atoms with Gasteiger partial charge in [0.25, 0.3) is 0 Å². The summed E-state index contributed by atoms with van der Waals surface area (Å²) in [6.45, 7) is 5.28. The van der Waals surface area contributed by atoms with E-state index in [2.05, 4.69) is 37.4 Å². The molecule has 1 heterocycles. The van der Waals surface area contributed by atoms with Gasteiger partial charge in [-0.25, -0.2) is 4.98 Å². The van der Waals surface area contributed by atoms with Crippen LogP contribution in [0.3, 0.4) is 0 Å². The van der Waals surface area contributed by atoms with Crippen LogP contribution >= 0.6 is 0 Å². The van der Waals surface area contributed by atoms with Crippen LogP contribution in [0, 0.1) is 5.41 Å². The van der Waals surface area contributed by atoms with Gasteiger partial charge in [0.15, 0.2) is 0 Å². The lowest BCUT2D eigenvalue weighted by Crippen LogP contribution is -2.34. The Bertz CT molecular complexity index is 1040. The number of benzene rings is 2. The predicted molar refractivity (Wildman–Crippen MR) is 138 cm³/mol. The van der Waals surface area contributed by atoms with Crippen molar-refractivity contribution in [3.8, 4) is 28.3 Å². The second kappa shape index (κ2) is 12.7. The molecule has 2 N–H and O–H groups in total. The van der Waals surface area contributed by atoms with Crippen molar-refractivity contribution in [2.75, 3.05) is 13.2 Å². The van der Waals surface area contributed by atoms with Gasteiger partial charge >= 0.3 is 5.97 Å². The third-order valence-electron chi connectivity index (χ3n) is 5.81. The molecule has 0 aliphatic heterocycles. The molecule has 0 aliphatic rings. The van der Waals surface area contributed by atoms with Crippen molar-refractivity contribution in [2.24, 2.45) is 5.41 Å². The van der Waals surface area contributed by atoms with E-state index in [0.717, 1.165) is 41.6 Å². The molecule has 6 nitrogen and oxygen atoms in total. The van der Waals surface area contributed by atoms with Crippen LogP contribution in [-0.2, 0) is 9.59 Å². The highest BCUT2D eigenvalue weighted by molar-refractivity contribution is 5.80. The first-order valence-corrected chi connectivity index (χ1v) is 12.1. The Hall–Kier alpha value is -3.67. The first-order chi connectivity index (χ1) is 16.8. The van der Waals surface area contributed by atoms with E-state index in [9.17, 15) is 9.59 Å². The van der Waals surface area contributed by atoms with Crippen molar-refractivity contribution >= 4 is 11.9 Å². The Morgan fingerprint density at radius 2 is 1.54 bits per heavy atom. The molecule has 6 heteroatoms. The number of rotatable bonds is 13. The minimum absolute atomic E-state index is 0.0132. The summed E-state index contributed by atoms with van der Waals surface area (Å²) in [5.74, 6) is -0.573. The number of carbonyl (C=O) groups excluding carboxylic acids is 1. The Balaban J connectivity index is 1.54. The summed E-state index contributed by atoms with van der Waals surface area (Å²) in [5, 5.41) is 11.5. The fourth-order valence-electron chi connectivity index (χ4n) is 3.75. The Morgan fingerprint density at radius 1 is 0.886 bits per heavy atom. The van der Waals surface area contributed by atoms with Gasteiger partial charge in [-0.15, -0.1) is 0 Å². The zero-order chi connectivity index (χ0) is 25.1. The average molecular weight is 475 g/mol. The molecule has 0 fully saturated rings. The third kappa shape index (κ3) is 8.89. The van der Waals surface area contributed by atoms with Crippen LogP contribution in [0.5, 0.6) is 5.88 Å². The molecule has 184 valence electrons. The molecule has 0 radical (unpaired) electrons. The predicted octanol–water partition coefficient (Wildman–Crippen LogP) is 5.97. The number of carboxylic acid groups (broad SMARTS) is 1. The van der Waals surface area contributed by atoms with Gasteiger partial charge in [-0.1, -0.05) is 74.5 Å². The zero-order valence-corrected chi connectivity index (χ0v) is 20.5. The number of hydrogen-bond donors (Lipinski definition) is 2. The molecule has 0 saturated heterocycles. The monoisotopic (exact) mass is 474 g/mol. The van der Waals surface area contributed by atoms with Crippen molar-refractivity contribution in [1.82, 2.24) is 10.3 Å². The van der Waals surface area contributed by atoms with Crippen LogP contribution in [0.25, 0.3) is 22.4 Å². The fraction of sp³-hybridized carbons (Fsp3) is 0.345. The van der Waals surface area contributed by atoms with E-state index < -0.39 is 5.97 Å². The smallest absolute Gasteiger partial charge is 0.303 e. The molecular formula is C29H34N2O4. The van der Waals surface area contributed by atoms with Crippen molar-refractivity contribution in [2.45, 2.75) is 46.0 Å². The van der Waals surface area contributed by atoms with Crippen molar-refractivity contribution in [3.05, 3.63) is 72.8 Å². The summed E-state index contributed by atoms with van der Waals surface area (Å²) >= 11 is 0. The normalized spacial score (nSPS) is 11.1. The lowest BCUT2D eigenvalue weighted by molar-refractivity contribution is -0.138. The molecule has 3 aromatic rings. The Kier molecular flexibility index (Phi) is 9.41. The van der Waals surface area contributed by atoms with E-state index in [-0.39, 0.29) is 24.2 Å². The Morgan fingerprint density at radius 3 is 2.20 bits per heavy atom. The number of carboxylic acids is 1. The van der Waals surface area contributed by atoms with E-state index in [1.54, 1.807) is 0 Å². The van der Waals surface area contributed by atoms with Crippen LogP contribution in [-0.4, -0.2) is 35.1 Å². The van der Waals surface area contributed by atoms with Gasteiger partial charge in [-0.2, -0.15) is 0 Å². The van der Waals surface area contributed by atoms with Crippen LogP contribution in [0.4, 0.5) is 0 Å². The van der Waals surface area contributed by atoms with Gasteiger partial charge in [0.2, 0.25) is 11.8 Å². The molecule has 3 rings (SSSR count). The quantitative estimate of drug-likeness (QED) is 0.298. The average Bonchev–Trinajstić information content (AvgIpc) is 2.87. The highest BCUT2D eigenvalue weighted by Gasteiger charge is 2.19. The topological polar surface area (TPSA) is 88.5 Å². The van der Waals surface area contributed by atoms with Crippen LogP contribution < -0.4 is 10.1 Å². The molecule has 0 aliphatic carbocycles. The molecule has 0 atom stereocenters. The third-order valence-corrected chi connectivity index (χ3v) is 5.81. The summed E-state index contributed by atoms with van der Waals surface area (Å²) in [5.41, 5.74) is 4.02. The van der Waals surface area contributed by atoms with Crippen molar-refractivity contribution < 1.29 is 19.4 Å².